The Labute approximate surface area is 428 Å². The molecule has 12 unspecified atom stereocenters. The Bertz CT molecular complexity index is 1420. The van der Waals surface area contributed by atoms with Gasteiger partial charge in [-0.25, -0.2) is 0 Å². The number of amides is 1. The van der Waals surface area contributed by atoms with Crippen LogP contribution in [0.3, 0.4) is 0 Å². The van der Waals surface area contributed by atoms with Gasteiger partial charge in [0, 0.05) is 6.42 Å². The predicted octanol–water partition coefficient (Wildman–Crippen LogP) is 8.61. The van der Waals surface area contributed by atoms with E-state index in [9.17, 15) is 45.6 Å². The van der Waals surface area contributed by atoms with Gasteiger partial charge in [-0.2, -0.15) is 0 Å². The molecular weight excluding hydrogens is 907 g/mol. The van der Waals surface area contributed by atoms with E-state index < -0.39 is 86.8 Å². The molecule has 2 aliphatic heterocycles. The van der Waals surface area contributed by atoms with Crippen molar-refractivity contribution < 1.29 is 64.6 Å². The smallest absolute Gasteiger partial charge is 0.220 e. The van der Waals surface area contributed by atoms with Gasteiger partial charge in [0.15, 0.2) is 12.6 Å². The van der Waals surface area contributed by atoms with Gasteiger partial charge in [-0.1, -0.05) is 184 Å². The van der Waals surface area contributed by atoms with Crippen molar-refractivity contribution in [3.63, 3.8) is 0 Å². The molecule has 412 valence electrons. The minimum Gasteiger partial charge on any atom is -0.394 e. The van der Waals surface area contributed by atoms with E-state index in [4.69, 9.17) is 18.9 Å². The average Bonchev–Trinajstić information content (AvgIpc) is 3.37. The molecule has 71 heavy (non-hydrogen) atoms. The highest BCUT2D eigenvalue weighted by Gasteiger charge is 2.51. The zero-order chi connectivity index (χ0) is 51.7. The van der Waals surface area contributed by atoms with Crippen molar-refractivity contribution in [2.24, 2.45) is 0 Å². The second kappa shape index (κ2) is 43.0. The summed E-state index contributed by atoms with van der Waals surface area (Å²) < 4.78 is 22.7. The largest absolute Gasteiger partial charge is 0.394 e. The van der Waals surface area contributed by atoms with Crippen molar-refractivity contribution in [3.05, 3.63) is 60.8 Å². The summed E-state index contributed by atoms with van der Waals surface area (Å²) in [5.41, 5.74) is 0. The lowest BCUT2D eigenvalue weighted by Crippen LogP contribution is -2.65. The molecule has 0 aliphatic carbocycles. The summed E-state index contributed by atoms with van der Waals surface area (Å²) in [7, 11) is 0. The molecule has 0 bridgehead atoms. The Balaban J connectivity index is 1.83. The molecule has 14 nitrogen and oxygen atoms in total. The van der Waals surface area contributed by atoms with Crippen LogP contribution in [0.5, 0.6) is 0 Å². The Morgan fingerprint density at radius 3 is 1.51 bits per heavy atom. The molecule has 0 radical (unpaired) electrons. The molecule has 2 fully saturated rings. The molecule has 1 amide bonds. The highest BCUT2D eigenvalue weighted by molar-refractivity contribution is 5.76. The van der Waals surface area contributed by atoms with E-state index in [1.807, 2.05) is 6.08 Å². The van der Waals surface area contributed by atoms with Gasteiger partial charge >= 0.3 is 0 Å². The fourth-order valence-corrected chi connectivity index (χ4v) is 8.84. The minimum atomic E-state index is -1.79. The summed E-state index contributed by atoms with van der Waals surface area (Å²) in [6.45, 7) is 2.73. The molecule has 14 heteroatoms. The Kier molecular flexibility index (Phi) is 39.2. The van der Waals surface area contributed by atoms with Crippen molar-refractivity contribution in [1.82, 2.24) is 5.32 Å². The van der Waals surface area contributed by atoms with Crippen LogP contribution in [0.2, 0.25) is 0 Å². The number of hydrogen-bond donors (Lipinski definition) is 9. The number of ether oxygens (including phenoxy) is 4. The number of aliphatic hydroxyl groups is 8. The van der Waals surface area contributed by atoms with Crippen LogP contribution in [-0.2, 0) is 23.7 Å². The molecule has 0 aromatic rings. The molecule has 0 aromatic heterocycles. The Morgan fingerprint density at radius 2 is 0.944 bits per heavy atom. The van der Waals surface area contributed by atoms with Crippen LogP contribution in [0.1, 0.15) is 200 Å². The van der Waals surface area contributed by atoms with Gasteiger partial charge in [0.25, 0.3) is 0 Å². The van der Waals surface area contributed by atoms with Crippen LogP contribution in [0.25, 0.3) is 0 Å². The number of carbonyl (C=O) groups excluding carboxylic acids is 1. The highest BCUT2D eigenvalue weighted by atomic mass is 16.7. The second-order valence-corrected chi connectivity index (χ2v) is 19.7. The summed E-state index contributed by atoms with van der Waals surface area (Å²) in [6.07, 6.45) is 36.8. The van der Waals surface area contributed by atoms with E-state index in [2.05, 4.69) is 67.8 Å². The van der Waals surface area contributed by atoms with E-state index in [0.29, 0.717) is 12.8 Å². The maximum Gasteiger partial charge on any atom is 0.220 e. The third-order valence-corrected chi connectivity index (χ3v) is 13.4. The van der Waals surface area contributed by atoms with Gasteiger partial charge in [-0.15, -0.1) is 0 Å². The van der Waals surface area contributed by atoms with Gasteiger partial charge < -0.3 is 65.1 Å². The first-order valence-corrected chi connectivity index (χ1v) is 28.0. The molecule has 2 heterocycles. The molecule has 0 spiro atoms. The van der Waals surface area contributed by atoms with Crippen molar-refractivity contribution >= 4 is 5.91 Å². The first-order chi connectivity index (χ1) is 34.6. The number of unbranched alkanes of at least 4 members (excludes halogenated alkanes) is 22. The topological polar surface area (TPSA) is 228 Å². The van der Waals surface area contributed by atoms with E-state index in [0.717, 1.165) is 64.2 Å². The number of nitrogens with one attached hydrogen (secondary N) is 1. The molecule has 2 saturated heterocycles. The number of hydrogen-bond acceptors (Lipinski definition) is 13. The molecular formula is C57H101NO13. The SMILES string of the molecule is CCCCC/C=C\C/C=C\C/C=C\CCCCCCCCC(=O)NC(COC1OC(CO)C(OC2OC(CO)C(O)C(O)C2O)C(O)C1O)C(O)/C=C/CC/C=C/CCCCCCCCCCCCCC. The van der Waals surface area contributed by atoms with Gasteiger partial charge in [-0.3, -0.25) is 4.79 Å². The van der Waals surface area contributed by atoms with Gasteiger partial charge in [0.1, 0.15) is 48.8 Å². The first kappa shape index (κ1) is 64.8. The van der Waals surface area contributed by atoms with E-state index in [1.54, 1.807) is 6.08 Å². The summed E-state index contributed by atoms with van der Waals surface area (Å²) in [6, 6.07) is -0.940. The lowest BCUT2D eigenvalue weighted by atomic mass is 9.97. The molecule has 12 atom stereocenters. The number of allylic oxidation sites excluding steroid dienone is 9. The fraction of sp³-hybridized carbons (Fsp3) is 0.807. The number of carbonyl (C=O) groups is 1. The van der Waals surface area contributed by atoms with Crippen LogP contribution in [0.4, 0.5) is 0 Å². The molecule has 9 N–H and O–H groups in total. The van der Waals surface area contributed by atoms with Crippen LogP contribution < -0.4 is 5.32 Å². The van der Waals surface area contributed by atoms with E-state index in [-0.39, 0.29) is 18.9 Å². The third-order valence-electron chi connectivity index (χ3n) is 13.4. The van der Waals surface area contributed by atoms with Gasteiger partial charge in [-0.05, 0) is 70.6 Å². The van der Waals surface area contributed by atoms with Crippen LogP contribution in [0.15, 0.2) is 60.8 Å². The highest BCUT2D eigenvalue weighted by Crippen LogP contribution is 2.30. The van der Waals surface area contributed by atoms with Gasteiger partial charge in [0.2, 0.25) is 5.91 Å². The first-order valence-electron chi connectivity index (χ1n) is 28.0. The van der Waals surface area contributed by atoms with Crippen molar-refractivity contribution in [2.45, 2.75) is 274 Å². The number of aliphatic hydroxyl groups excluding tert-OH is 8. The summed E-state index contributed by atoms with van der Waals surface area (Å²) in [5, 5.41) is 86.9. The minimum absolute atomic E-state index is 0.257. The second-order valence-electron chi connectivity index (χ2n) is 19.7. The maximum atomic E-state index is 13.2. The lowest BCUT2D eigenvalue weighted by Gasteiger charge is -2.46. The molecule has 2 aliphatic rings. The molecule has 2 rings (SSSR count). The van der Waals surface area contributed by atoms with Crippen LogP contribution in [-0.4, -0.2) is 140 Å². The van der Waals surface area contributed by atoms with Crippen molar-refractivity contribution in [2.75, 3.05) is 19.8 Å². The van der Waals surface area contributed by atoms with E-state index >= 15 is 0 Å². The van der Waals surface area contributed by atoms with Gasteiger partial charge in [0.05, 0.1) is 32.0 Å². The summed E-state index contributed by atoms with van der Waals surface area (Å²) >= 11 is 0. The zero-order valence-electron chi connectivity index (χ0n) is 43.9. The predicted molar refractivity (Wildman–Crippen MR) is 281 cm³/mol. The quantitative estimate of drug-likeness (QED) is 0.0206. The standard InChI is InChI=1S/C57H101NO13/c1-3-5-7-9-11-13-15-17-19-21-23-25-27-29-31-33-35-37-39-41-49(62)58-45(46(61)40-38-36-34-32-30-28-26-24-22-20-18-16-14-12-10-8-6-4-2)44-68-56-54(67)52(65)55(48(43-60)70-56)71-57-53(66)51(64)50(63)47(42-59)69-57/h11,13,17,19,23,25,30,32,38,40,45-48,50-57,59-61,63-67H,3-10,12,14-16,18,20-22,24,26-29,31,33-37,39,41-44H2,1-2H3,(H,58,62)/b13-11-,19-17-,25-23-,32-30+,40-38+. The third kappa shape index (κ3) is 29.4. The lowest BCUT2D eigenvalue weighted by molar-refractivity contribution is -0.359. The Morgan fingerprint density at radius 1 is 0.507 bits per heavy atom. The van der Waals surface area contributed by atoms with Crippen molar-refractivity contribution in [1.29, 1.82) is 0 Å². The van der Waals surface area contributed by atoms with Crippen LogP contribution >= 0.6 is 0 Å². The molecule has 0 aromatic carbocycles. The summed E-state index contributed by atoms with van der Waals surface area (Å²) in [4.78, 5) is 13.2. The maximum absolute atomic E-state index is 13.2. The monoisotopic (exact) mass is 1010 g/mol. The Hall–Kier alpha value is -2.31. The van der Waals surface area contributed by atoms with E-state index in [1.165, 1.54) is 103 Å². The fourth-order valence-electron chi connectivity index (χ4n) is 8.84. The summed E-state index contributed by atoms with van der Waals surface area (Å²) in [5.74, 6) is -0.264. The number of rotatable bonds is 43. The van der Waals surface area contributed by atoms with Crippen LogP contribution in [0, 0.1) is 0 Å². The average molecular weight is 1010 g/mol. The van der Waals surface area contributed by atoms with Crippen molar-refractivity contribution in [3.8, 4) is 0 Å². The zero-order valence-corrected chi connectivity index (χ0v) is 43.9. The normalized spacial score (nSPS) is 26.2. The molecule has 0 saturated carbocycles.